The smallest absolute Gasteiger partial charge is 0.328 e. The van der Waals surface area contributed by atoms with Gasteiger partial charge in [-0.05, 0) is 49.6 Å². The molecule has 0 saturated heterocycles. The van der Waals surface area contributed by atoms with Crippen LogP contribution in [-0.2, 0) is 4.79 Å². The third-order valence-electron chi connectivity index (χ3n) is 2.16. The topological polar surface area (TPSA) is 49.3 Å². The maximum Gasteiger partial charge on any atom is 0.328 e. The zero-order chi connectivity index (χ0) is 12.1. The second kappa shape index (κ2) is 5.35. The molecule has 0 atom stereocenters. The number of carboxylic acid groups (broad SMARTS) is 1. The lowest BCUT2D eigenvalue weighted by Gasteiger charge is -2.08. The molecule has 2 N–H and O–H groups in total. The molecule has 0 saturated carbocycles. The molecule has 0 unspecified atom stereocenters. The van der Waals surface area contributed by atoms with E-state index in [4.69, 9.17) is 5.11 Å². The molecule has 3 nitrogen and oxygen atoms in total. The van der Waals surface area contributed by atoms with Gasteiger partial charge in [0, 0.05) is 18.3 Å². The first kappa shape index (κ1) is 12.3. The van der Waals surface area contributed by atoms with Crippen molar-refractivity contribution >= 4 is 11.7 Å². The van der Waals surface area contributed by atoms with Gasteiger partial charge < -0.3 is 10.4 Å². The van der Waals surface area contributed by atoms with Gasteiger partial charge in [0.1, 0.15) is 0 Å². The van der Waals surface area contributed by atoms with E-state index in [0.717, 1.165) is 11.3 Å². The van der Waals surface area contributed by atoms with Crippen LogP contribution in [0.2, 0.25) is 0 Å². The molecule has 86 valence electrons. The summed E-state index contributed by atoms with van der Waals surface area (Å²) in [5.41, 5.74) is 4.21. The third kappa shape index (κ3) is 4.17. The number of nitrogens with one attached hydrogen (secondary N) is 1. The fourth-order valence-corrected chi connectivity index (χ4v) is 1.58. The largest absolute Gasteiger partial charge is 0.478 e. The molecule has 0 aliphatic heterocycles. The molecule has 0 aliphatic carbocycles. The molecule has 0 heterocycles. The predicted octanol–water partition coefficient (Wildman–Crippen LogP) is 2.75. The van der Waals surface area contributed by atoms with Crippen LogP contribution in [0.15, 0.2) is 29.8 Å². The van der Waals surface area contributed by atoms with E-state index in [1.165, 1.54) is 17.2 Å². The van der Waals surface area contributed by atoms with Gasteiger partial charge in [0.05, 0.1) is 0 Å². The van der Waals surface area contributed by atoms with Gasteiger partial charge in [0.25, 0.3) is 0 Å². The molecular weight excluding hydrogens is 202 g/mol. The maximum absolute atomic E-state index is 10.4. The number of carboxylic acids is 1. The zero-order valence-corrected chi connectivity index (χ0v) is 9.87. The molecule has 0 aromatic heterocycles. The van der Waals surface area contributed by atoms with E-state index in [0.29, 0.717) is 6.54 Å². The lowest BCUT2D eigenvalue weighted by molar-refractivity contribution is -0.131. The number of aryl methyl sites for hydroxylation is 2. The third-order valence-corrected chi connectivity index (χ3v) is 2.16. The molecule has 1 aromatic carbocycles. The number of benzene rings is 1. The average Bonchev–Trinajstić information content (AvgIpc) is 2.12. The van der Waals surface area contributed by atoms with Crippen LogP contribution in [0.5, 0.6) is 0 Å². The molecule has 0 spiro atoms. The van der Waals surface area contributed by atoms with E-state index < -0.39 is 5.97 Å². The fourth-order valence-electron chi connectivity index (χ4n) is 1.58. The minimum absolute atomic E-state index is 0.551. The Balaban J connectivity index is 2.64. The Morgan fingerprint density at radius 2 is 1.88 bits per heavy atom. The molecule has 16 heavy (non-hydrogen) atoms. The minimum atomic E-state index is -0.903. The molecule has 1 aromatic rings. The second-order valence-corrected chi connectivity index (χ2v) is 4.06. The van der Waals surface area contributed by atoms with Gasteiger partial charge in [-0.15, -0.1) is 0 Å². The summed E-state index contributed by atoms with van der Waals surface area (Å²) in [4.78, 5) is 10.4. The van der Waals surface area contributed by atoms with Crippen molar-refractivity contribution in [3.8, 4) is 0 Å². The fraction of sp³-hybridized carbons (Fsp3) is 0.308. The lowest BCUT2D eigenvalue weighted by atomic mass is 10.1. The number of aliphatic carboxylic acids is 1. The van der Waals surface area contributed by atoms with Crippen LogP contribution in [0.25, 0.3) is 0 Å². The molecule has 0 amide bonds. The quantitative estimate of drug-likeness (QED) is 0.765. The van der Waals surface area contributed by atoms with E-state index >= 15 is 0 Å². The van der Waals surface area contributed by atoms with Crippen molar-refractivity contribution < 1.29 is 9.90 Å². The minimum Gasteiger partial charge on any atom is -0.478 e. The highest BCUT2D eigenvalue weighted by Crippen LogP contribution is 2.13. The van der Waals surface area contributed by atoms with Crippen molar-refractivity contribution in [2.45, 2.75) is 20.8 Å². The highest BCUT2D eigenvalue weighted by atomic mass is 16.4. The summed E-state index contributed by atoms with van der Waals surface area (Å²) in [6.45, 7) is 6.43. The molecule has 3 heteroatoms. The first-order valence-corrected chi connectivity index (χ1v) is 5.19. The summed E-state index contributed by atoms with van der Waals surface area (Å²) in [7, 11) is 0. The van der Waals surface area contributed by atoms with E-state index in [1.807, 2.05) is 26.0 Å². The van der Waals surface area contributed by atoms with Crippen molar-refractivity contribution in [2.24, 2.45) is 0 Å². The van der Waals surface area contributed by atoms with Crippen LogP contribution in [-0.4, -0.2) is 17.6 Å². The number of hydrogen-bond donors (Lipinski definition) is 2. The van der Waals surface area contributed by atoms with Crippen LogP contribution in [0.4, 0.5) is 5.69 Å². The van der Waals surface area contributed by atoms with Gasteiger partial charge in [-0.25, -0.2) is 4.79 Å². The molecule has 0 fully saturated rings. The number of rotatable bonds is 4. The monoisotopic (exact) mass is 219 g/mol. The van der Waals surface area contributed by atoms with Gasteiger partial charge >= 0.3 is 5.97 Å². The van der Waals surface area contributed by atoms with Crippen molar-refractivity contribution in [1.82, 2.24) is 0 Å². The van der Waals surface area contributed by atoms with Crippen molar-refractivity contribution in [3.05, 3.63) is 41.0 Å². The molecule has 1 rings (SSSR count). The van der Waals surface area contributed by atoms with E-state index in [-0.39, 0.29) is 0 Å². The van der Waals surface area contributed by atoms with Crippen LogP contribution in [0.1, 0.15) is 18.1 Å². The van der Waals surface area contributed by atoms with Crippen LogP contribution in [0, 0.1) is 13.8 Å². The standard InChI is InChI=1S/C13H17NO2/c1-9-4-10(2)6-12(5-9)14-8-11(3)7-13(15)16/h4-7,14H,8H2,1-3H3,(H,15,16)/b11-7-. The Morgan fingerprint density at radius 1 is 1.31 bits per heavy atom. The van der Waals surface area contributed by atoms with E-state index in [9.17, 15) is 4.79 Å². The SMILES string of the molecule is C/C(=C/C(=O)O)CNc1cc(C)cc(C)c1. The van der Waals surface area contributed by atoms with Gasteiger partial charge in [-0.3, -0.25) is 0 Å². The van der Waals surface area contributed by atoms with Gasteiger partial charge in [0.15, 0.2) is 0 Å². The highest BCUT2D eigenvalue weighted by Gasteiger charge is 1.97. The van der Waals surface area contributed by atoms with Gasteiger partial charge in [-0.2, -0.15) is 0 Å². The highest BCUT2D eigenvalue weighted by molar-refractivity contribution is 5.80. The van der Waals surface area contributed by atoms with Crippen molar-refractivity contribution in [3.63, 3.8) is 0 Å². The lowest BCUT2D eigenvalue weighted by Crippen LogP contribution is -2.04. The van der Waals surface area contributed by atoms with E-state index in [2.05, 4.69) is 11.4 Å². The van der Waals surface area contributed by atoms with Gasteiger partial charge in [-0.1, -0.05) is 6.07 Å². The molecule has 0 aliphatic rings. The molecular formula is C13H17NO2. The van der Waals surface area contributed by atoms with Crippen LogP contribution < -0.4 is 5.32 Å². The maximum atomic E-state index is 10.4. The normalized spacial score (nSPS) is 11.3. The number of anilines is 1. The summed E-state index contributed by atoms with van der Waals surface area (Å²) < 4.78 is 0. The Bertz CT molecular complexity index is 402. The van der Waals surface area contributed by atoms with Crippen molar-refractivity contribution in [1.29, 1.82) is 0 Å². The summed E-state index contributed by atoms with van der Waals surface area (Å²) in [5, 5.41) is 11.8. The summed E-state index contributed by atoms with van der Waals surface area (Å²) in [6, 6.07) is 6.19. The van der Waals surface area contributed by atoms with E-state index in [1.54, 1.807) is 6.92 Å². The number of hydrogen-bond acceptors (Lipinski definition) is 2. The predicted molar refractivity (Wildman–Crippen MR) is 65.8 cm³/mol. The molecule has 0 bridgehead atoms. The van der Waals surface area contributed by atoms with Gasteiger partial charge in [0.2, 0.25) is 0 Å². The summed E-state index contributed by atoms with van der Waals surface area (Å²) >= 11 is 0. The zero-order valence-electron chi connectivity index (χ0n) is 9.87. The Hall–Kier alpha value is -1.77. The number of carbonyl (C=O) groups is 1. The summed E-state index contributed by atoms with van der Waals surface area (Å²) in [6.07, 6.45) is 1.22. The first-order valence-electron chi connectivity index (χ1n) is 5.19. The molecule has 0 radical (unpaired) electrons. The Labute approximate surface area is 95.8 Å². The second-order valence-electron chi connectivity index (χ2n) is 4.06. The summed E-state index contributed by atoms with van der Waals surface area (Å²) in [5.74, 6) is -0.903. The van der Waals surface area contributed by atoms with Crippen molar-refractivity contribution in [2.75, 3.05) is 11.9 Å². The van der Waals surface area contributed by atoms with Crippen LogP contribution >= 0.6 is 0 Å². The Kier molecular flexibility index (Phi) is 4.11. The van der Waals surface area contributed by atoms with Crippen LogP contribution in [0.3, 0.4) is 0 Å². The average molecular weight is 219 g/mol. The Morgan fingerprint density at radius 3 is 2.38 bits per heavy atom. The first-order chi connectivity index (χ1) is 7.47.